The number of aromatic nitrogens is 2. The molecule has 0 saturated carbocycles. The number of rotatable bonds is 5. The van der Waals surface area contributed by atoms with E-state index in [1.54, 1.807) is 24.3 Å². The number of benzene rings is 2. The average molecular weight is 424 g/mol. The number of aryl methyl sites for hydroxylation is 1. The van der Waals surface area contributed by atoms with Crippen molar-refractivity contribution in [1.82, 2.24) is 9.55 Å². The molecule has 0 aliphatic rings. The van der Waals surface area contributed by atoms with Gasteiger partial charge in [0.1, 0.15) is 17.0 Å². The lowest BCUT2D eigenvalue weighted by Gasteiger charge is -2.15. The van der Waals surface area contributed by atoms with Gasteiger partial charge in [0.2, 0.25) is 0 Å². The number of phenols is 1. The van der Waals surface area contributed by atoms with Gasteiger partial charge in [-0.15, -0.1) is 0 Å². The highest BCUT2D eigenvalue weighted by molar-refractivity contribution is 9.10. The van der Waals surface area contributed by atoms with Crippen LogP contribution < -0.4 is 4.74 Å². The number of ether oxygens (including phenoxy) is 1. The molecule has 0 atom stereocenters. The molecular weight excluding hydrogens is 404 g/mol. The number of aromatic hydroxyl groups is 1. The van der Waals surface area contributed by atoms with Gasteiger partial charge in [-0.25, -0.2) is 0 Å². The molecule has 0 spiro atoms. The van der Waals surface area contributed by atoms with Gasteiger partial charge >= 0.3 is 6.01 Å². The van der Waals surface area contributed by atoms with Crippen LogP contribution in [0.2, 0.25) is 5.02 Å². The third-order valence-corrected chi connectivity index (χ3v) is 5.37. The van der Waals surface area contributed by atoms with Crippen LogP contribution in [0.1, 0.15) is 38.2 Å². The minimum Gasteiger partial charge on any atom is -0.506 e. The third kappa shape index (κ3) is 3.35. The molecular formula is C19H20BrClN2O2. The molecule has 4 nitrogen and oxygen atoms in total. The monoisotopic (exact) mass is 422 g/mol. The number of fused-ring (bicyclic) bond motifs is 1. The van der Waals surface area contributed by atoms with Crippen molar-refractivity contribution in [2.24, 2.45) is 7.05 Å². The molecule has 3 rings (SSSR count). The molecule has 0 amide bonds. The maximum Gasteiger partial charge on any atom is 0.302 e. The Bertz CT molecular complexity index is 919. The van der Waals surface area contributed by atoms with Gasteiger partial charge in [-0.05, 0) is 64.5 Å². The first-order chi connectivity index (χ1) is 12.0. The molecule has 0 radical (unpaired) electrons. The quantitative estimate of drug-likeness (QED) is 0.517. The largest absolute Gasteiger partial charge is 0.506 e. The van der Waals surface area contributed by atoms with E-state index in [0.29, 0.717) is 28.2 Å². The van der Waals surface area contributed by atoms with Crippen molar-refractivity contribution in [1.29, 1.82) is 0 Å². The molecule has 0 fully saturated rings. The fraction of sp³-hybridized carbons (Fsp3) is 0.316. The van der Waals surface area contributed by atoms with E-state index in [0.717, 1.165) is 22.8 Å². The Morgan fingerprint density at radius 1 is 1.24 bits per heavy atom. The average Bonchev–Trinajstić information content (AvgIpc) is 2.91. The standard InChI is InChI=1S/C19H20BrClN2O2/c1-4-11(5-2)13-7-8-15(24)17-18(13)23(3)19(22-17)25-16-9-6-12(21)10-14(16)20/h6-11,24H,4-5H2,1-3H3. The molecule has 3 aromatic rings. The van der Waals surface area contributed by atoms with Gasteiger partial charge in [-0.1, -0.05) is 31.5 Å². The van der Waals surface area contributed by atoms with Gasteiger partial charge in [0.05, 0.1) is 9.99 Å². The van der Waals surface area contributed by atoms with E-state index in [2.05, 4.69) is 34.8 Å². The van der Waals surface area contributed by atoms with Crippen LogP contribution in [0.15, 0.2) is 34.8 Å². The molecule has 0 aliphatic heterocycles. The topological polar surface area (TPSA) is 47.3 Å². The van der Waals surface area contributed by atoms with Crippen LogP contribution in [0.5, 0.6) is 17.5 Å². The Kier molecular flexibility index (Phi) is 5.25. The highest BCUT2D eigenvalue weighted by Crippen LogP contribution is 2.38. The first-order valence-corrected chi connectivity index (χ1v) is 9.44. The van der Waals surface area contributed by atoms with E-state index in [1.165, 1.54) is 5.56 Å². The number of imidazole rings is 1. The van der Waals surface area contributed by atoms with Crippen molar-refractivity contribution in [3.05, 3.63) is 45.4 Å². The Morgan fingerprint density at radius 3 is 2.60 bits per heavy atom. The molecule has 25 heavy (non-hydrogen) atoms. The second kappa shape index (κ2) is 7.26. The summed E-state index contributed by atoms with van der Waals surface area (Å²) in [6.45, 7) is 4.34. The van der Waals surface area contributed by atoms with Crippen LogP contribution in [0.25, 0.3) is 11.0 Å². The lowest BCUT2D eigenvalue weighted by molar-refractivity contribution is 0.424. The van der Waals surface area contributed by atoms with Crippen LogP contribution in [0.4, 0.5) is 0 Å². The van der Waals surface area contributed by atoms with Crippen molar-refractivity contribution in [3.8, 4) is 17.5 Å². The molecule has 0 unspecified atom stereocenters. The van der Waals surface area contributed by atoms with E-state index in [4.69, 9.17) is 16.3 Å². The molecule has 1 heterocycles. The van der Waals surface area contributed by atoms with Crippen molar-refractivity contribution < 1.29 is 9.84 Å². The van der Waals surface area contributed by atoms with Crippen LogP contribution in [-0.2, 0) is 7.05 Å². The molecule has 6 heteroatoms. The molecule has 1 aromatic heterocycles. The van der Waals surface area contributed by atoms with Gasteiger partial charge in [-0.3, -0.25) is 4.57 Å². The maximum absolute atomic E-state index is 10.3. The molecule has 1 N–H and O–H groups in total. The zero-order valence-electron chi connectivity index (χ0n) is 14.4. The zero-order valence-corrected chi connectivity index (χ0v) is 16.7. The van der Waals surface area contributed by atoms with Crippen LogP contribution in [-0.4, -0.2) is 14.7 Å². The molecule has 0 bridgehead atoms. The molecule has 132 valence electrons. The summed E-state index contributed by atoms with van der Waals surface area (Å²) in [7, 11) is 1.90. The summed E-state index contributed by atoms with van der Waals surface area (Å²) in [5.74, 6) is 1.19. The zero-order chi connectivity index (χ0) is 18.1. The smallest absolute Gasteiger partial charge is 0.302 e. The van der Waals surface area contributed by atoms with Gasteiger partial charge < -0.3 is 9.84 Å². The van der Waals surface area contributed by atoms with Gasteiger partial charge in [0, 0.05) is 12.1 Å². The molecule has 2 aromatic carbocycles. The summed E-state index contributed by atoms with van der Waals surface area (Å²) in [5, 5.41) is 10.9. The first kappa shape index (κ1) is 18.1. The lowest BCUT2D eigenvalue weighted by atomic mass is 9.92. The van der Waals surface area contributed by atoms with E-state index < -0.39 is 0 Å². The van der Waals surface area contributed by atoms with Crippen LogP contribution in [0, 0.1) is 0 Å². The lowest BCUT2D eigenvalue weighted by Crippen LogP contribution is -2.01. The van der Waals surface area contributed by atoms with E-state index in [-0.39, 0.29) is 5.75 Å². The summed E-state index contributed by atoms with van der Waals surface area (Å²) in [6, 6.07) is 9.44. The summed E-state index contributed by atoms with van der Waals surface area (Å²) >= 11 is 9.44. The fourth-order valence-electron chi connectivity index (χ4n) is 3.12. The number of phenolic OH excluding ortho intramolecular Hbond substituents is 1. The SMILES string of the molecule is CCC(CC)c1ccc(O)c2nc(Oc3ccc(Cl)cc3Br)n(C)c12. The van der Waals surface area contributed by atoms with Crippen molar-refractivity contribution >= 4 is 38.6 Å². The van der Waals surface area contributed by atoms with Gasteiger partial charge in [0.25, 0.3) is 0 Å². The van der Waals surface area contributed by atoms with Crippen molar-refractivity contribution in [2.45, 2.75) is 32.6 Å². The third-order valence-electron chi connectivity index (χ3n) is 4.51. The van der Waals surface area contributed by atoms with E-state index in [9.17, 15) is 5.11 Å². The van der Waals surface area contributed by atoms with E-state index >= 15 is 0 Å². The predicted octanol–water partition coefficient (Wildman–Crippen LogP) is 6.39. The van der Waals surface area contributed by atoms with Crippen LogP contribution >= 0.6 is 27.5 Å². The Labute approximate surface area is 160 Å². The van der Waals surface area contributed by atoms with Crippen molar-refractivity contribution in [2.75, 3.05) is 0 Å². The minimum absolute atomic E-state index is 0.158. The molecule has 0 saturated heterocycles. The summed E-state index contributed by atoms with van der Waals surface area (Å²) in [5.41, 5.74) is 2.65. The second-order valence-corrected chi connectivity index (χ2v) is 7.31. The number of halogens is 2. The second-order valence-electron chi connectivity index (χ2n) is 6.01. The number of hydrogen-bond donors (Lipinski definition) is 1. The predicted molar refractivity (Wildman–Crippen MR) is 105 cm³/mol. The maximum atomic E-state index is 10.3. The summed E-state index contributed by atoms with van der Waals surface area (Å²) < 4.78 is 8.61. The Balaban J connectivity index is 2.13. The first-order valence-electron chi connectivity index (χ1n) is 8.27. The Morgan fingerprint density at radius 2 is 1.96 bits per heavy atom. The van der Waals surface area contributed by atoms with Crippen molar-refractivity contribution in [3.63, 3.8) is 0 Å². The van der Waals surface area contributed by atoms with Gasteiger partial charge in [0.15, 0.2) is 0 Å². The molecule has 0 aliphatic carbocycles. The number of hydrogen-bond acceptors (Lipinski definition) is 3. The fourth-order valence-corrected chi connectivity index (χ4v) is 3.88. The Hall–Kier alpha value is -1.72. The van der Waals surface area contributed by atoms with Crippen LogP contribution in [0.3, 0.4) is 0 Å². The normalized spacial score (nSPS) is 11.4. The van der Waals surface area contributed by atoms with Gasteiger partial charge in [-0.2, -0.15) is 4.98 Å². The number of nitrogens with zero attached hydrogens (tertiary/aromatic N) is 2. The summed E-state index contributed by atoms with van der Waals surface area (Å²) in [6.07, 6.45) is 2.06. The van der Waals surface area contributed by atoms with E-state index in [1.807, 2.05) is 17.7 Å². The highest BCUT2D eigenvalue weighted by Gasteiger charge is 2.20. The minimum atomic E-state index is 0.158. The highest BCUT2D eigenvalue weighted by atomic mass is 79.9. The summed E-state index contributed by atoms with van der Waals surface area (Å²) in [4.78, 5) is 4.52.